The van der Waals surface area contributed by atoms with Gasteiger partial charge in [-0.1, -0.05) is 0 Å². The Hall–Kier alpha value is -0.650. The van der Waals surface area contributed by atoms with Gasteiger partial charge in [0.2, 0.25) is 0 Å². The molecule has 1 rings (SSSR count). The largest absolute Gasteiger partial charge is 0.271 e. The number of nitrogens with one attached hydrogen (secondary N) is 1. The Bertz CT molecular complexity index is 300. The van der Waals surface area contributed by atoms with E-state index in [1.807, 2.05) is 6.26 Å². The van der Waals surface area contributed by atoms with Crippen LogP contribution in [0.4, 0.5) is 8.78 Å². The summed E-state index contributed by atoms with van der Waals surface area (Å²) < 4.78 is 25.7. The van der Waals surface area contributed by atoms with E-state index in [9.17, 15) is 8.78 Å². The standard InChI is InChI=1S/C10H14F2N2S/c1-15-6-10(14-13)4-7-2-8(11)5-9(12)3-7/h2-3,5,10,14H,4,6,13H2,1H3. The van der Waals surface area contributed by atoms with Crippen LogP contribution in [0, 0.1) is 11.6 Å². The van der Waals surface area contributed by atoms with Crippen LogP contribution in [0.15, 0.2) is 18.2 Å². The van der Waals surface area contributed by atoms with E-state index in [-0.39, 0.29) is 6.04 Å². The number of thioether (sulfide) groups is 1. The second-order valence-corrected chi connectivity index (χ2v) is 4.21. The fraction of sp³-hybridized carbons (Fsp3) is 0.400. The summed E-state index contributed by atoms with van der Waals surface area (Å²) in [6, 6.07) is 3.55. The molecule has 1 unspecified atom stereocenters. The summed E-state index contributed by atoms with van der Waals surface area (Å²) in [5, 5.41) is 0. The van der Waals surface area contributed by atoms with Gasteiger partial charge in [0.05, 0.1) is 0 Å². The second-order valence-electron chi connectivity index (χ2n) is 3.30. The van der Waals surface area contributed by atoms with Crippen molar-refractivity contribution in [3.05, 3.63) is 35.4 Å². The van der Waals surface area contributed by atoms with Gasteiger partial charge in [0.15, 0.2) is 0 Å². The molecule has 0 heterocycles. The zero-order valence-corrected chi connectivity index (χ0v) is 9.28. The summed E-state index contributed by atoms with van der Waals surface area (Å²) in [6.07, 6.45) is 2.47. The van der Waals surface area contributed by atoms with Gasteiger partial charge in [-0.3, -0.25) is 11.3 Å². The van der Waals surface area contributed by atoms with Crippen molar-refractivity contribution in [3.8, 4) is 0 Å². The Morgan fingerprint density at radius 2 is 1.93 bits per heavy atom. The third kappa shape index (κ3) is 4.15. The number of hydrazine groups is 1. The second kappa shape index (κ2) is 6.05. The molecular formula is C10H14F2N2S. The summed E-state index contributed by atoms with van der Waals surface area (Å²) in [6.45, 7) is 0. The number of nitrogens with two attached hydrogens (primary N) is 1. The first kappa shape index (κ1) is 12.4. The molecular weight excluding hydrogens is 218 g/mol. The molecule has 1 atom stereocenters. The van der Waals surface area contributed by atoms with Gasteiger partial charge in [-0.05, 0) is 30.4 Å². The summed E-state index contributed by atoms with van der Waals surface area (Å²) in [5.41, 5.74) is 3.24. The van der Waals surface area contributed by atoms with E-state index in [0.717, 1.165) is 11.8 Å². The van der Waals surface area contributed by atoms with Crippen molar-refractivity contribution in [1.82, 2.24) is 5.43 Å². The zero-order valence-electron chi connectivity index (χ0n) is 8.47. The Balaban J connectivity index is 2.69. The maximum atomic E-state index is 12.9. The number of rotatable bonds is 5. The fourth-order valence-electron chi connectivity index (χ4n) is 1.38. The SMILES string of the molecule is CSCC(Cc1cc(F)cc(F)c1)NN. The molecule has 0 bridgehead atoms. The lowest BCUT2D eigenvalue weighted by atomic mass is 10.1. The Kier molecular flexibility index (Phi) is 5.01. The van der Waals surface area contributed by atoms with Gasteiger partial charge < -0.3 is 0 Å². The summed E-state index contributed by atoms with van der Waals surface area (Å²) >= 11 is 1.63. The van der Waals surface area contributed by atoms with Crippen LogP contribution in [0.5, 0.6) is 0 Å². The van der Waals surface area contributed by atoms with E-state index in [0.29, 0.717) is 12.0 Å². The van der Waals surface area contributed by atoms with Gasteiger partial charge in [-0.15, -0.1) is 0 Å². The highest BCUT2D eigenvalue weighted by Crippen LogP contribution is 2.11. The van der Waals surface area contributed by atoms with Crippen LogP contribution in [-0.2, 0) is 6.42 Å². The lowest BCUT2D eigenvalue weighted by Crippen LogP contribution is -2.38. The van der Waals surface area contributed by atoms with Crippen molar-refractivity contribution < 1.29 is 8.78 Å². The average molecular weight is 232 g/mol. The van der Waals surface area contributed by atoms with Crippen molar-refractivity contribution in [3.63, 3.8) is 0 Å². The Morgan fingerprint density at radius 3 is 2.40 bits per heavy atom. The van der Waals surface area contributed by atoms with Crippen LogP contribution >= 0.6 is 11.8 Å². The molecule has 5 heteroatoms. The molecule has 0 saturated carbocycles. The highest BCUT2D eigenvalue weighted by molar-refractivity contribution is 7.98. The summed E-state index contributed by atoms with van der Waals surface area (Å²) in [5.74, 6) is 5.03. The third-order valence-corrected chi connectivity index (χ3v) is 2.74. The van der Waals surface area contributed by atoms with Crippen molar-refractivity contribution in [2.24, 2.45) is 5.84 Å². The molecule has 1 aromatic carbocycles. The molecule has 0 saturated heterocycles. The molecule has 0 aromatic heterocycles. The molecule has 0 spiro atoms. The fourth-order valence-corrected chi connectivity index (χ4v) is 2.00. The topological polar surface area (TPSA) is 38.0 Å². The predicted octanol–water partition coefficient (Wildman–Crippen LogP) is 1.70. The summed E-state index contributed by atoms with van der Waals surface area (Å²) in [4.78, 5) is 0. The van der Waals surface area contributed by atoms with Crippen LogP contribution in [0.25, 0.3) is 0 Å². The third-order valence-electron chi connectivity index (χ3n) is 2.01. The quantitative estimate of drug-likeness (QED) is 0.599. The van der Waals surface area contributed by atoms with Gasteiger partial charge in [0.25, 0.3) is 0 Å². The smallest absolute Gasteiger partial charge is 0.126 e. The first-order chi connectivity index (χ1) is 7.15. The van der Waals surface area contributed by atoms with Crippen molar-refractivity contribution in [2.45, 2.75) is 12.5 Å². The molecule has 15 heavy (non-hydrogen) atoms. The molecule has 0 radical (unpaired) electrons. The minimum Gasteiger partial charge on any atom is -0.271 e. The predicted molar refractivity (Wildman–Crippen MR) is 59.6 cm³/mol. The molecule has 1 aromatic rings. The van der Waals surface area contributed by atoms with Crippen LogP contribution < -0.4 is 11.3 Å². The van der Waals surface area contributed by atoms with E-state index in [1.165, 1.54) is 12.1 Å². The van der Waals surface area contributed by atoms with Crippen molar-refractivity contribution in [1.29, 1.82) is 0 Å². The maximum Gasteiger partial charge on any atom is 0.126 e. The molecule has 0 amide bonds. The van der Waals surface area contributed by atoms with Crippen molar-refractivity contribution in [2.75, 3.05) is 12.0 Å². The first-order valence-electron chi connectivity index (χ1n) is 4.55. The maximum absolute atomic E-state index is 12.9. The highest BCUT2D eigenvalue weighted by Gasteiger charge is 2.08. The number of benzene rings is 1. The van der Waals surface area contributed by atoms with E-state index < -0.39 is 11.6 Å². The van der Waals surface area contributed by atoms with E-state index >= 15 is 0 Å². The number of hydrogen-bond acceptors (Lipinski definition) is 3. The Morgan fingerprint density at radius 1 is 1.33 bits per heavy atom. The van der Waals surface area contributed by atoms with Crippen LogP contribution in [0.1, 0.15) is 5.56 Å². The van der Waals surface area contributed by atoms with Gasteiger partial charge in [-0.2, -0.15) is 11.8 Å². The molecule has 0 fully saturated rings. The average Bonchev–Trinajstić information content (AvgIpc) is 2.15. The normalized spacial score (nSPS) is 12.8. The highest BCUT2D eigenvalue weighted by atomic mass is 32.2. The minimum absolute atomic E-state index is 0.0289. The van der Waals surface area contributed by atoms with Crippen molar-refractivity contribution >= 4 is 11.8 Å². The molecule has 0 aliphatic rings. The molecule has 3 N–H and O–H groups in total. The van der Waals surface area contributed by atoms with Gasteiger partial charge >= 0.3 is 0 Å². The zero-order chi connectivity index (χ0) is 11.3. The molecule has 0 aliphatic heterocycles. The minimum atomic E-state index is -0.551. The molecule has 0 aliphatic carbocycles. The molecule has 84 valence electrons. The lowest BCUT2D eigenvalue weighted by Gasteiger charge is -2.14. The molecule has 2 nitrogen and oxygen atoms in total. The first-order valence-corrected chi connectivity index (χ1v) is 5.95. The van der Waals surface area contributed by atoms with Gasteiger partial charge in [0, 0.05) is 17.9 Å². The van der Waals surface area contributed by atoms with E-state index in [2.05, 4.69) is 5.43 Å². The van der Waals surface area contributed by atoms with Crippen LogP contribution in [0.3, 0.4) is 0 Å². The lowest BCUT2D eigenvalue weighted by molar-refractivity contribution is 0.556. The monoisotopic (exact) mass is 232 g/mol. The summed E-state index contributed by atoms with van der Waals surface area (Å²) in [7, 11) is 0. The van der Waals surface area contributed by atoms with Crippen LogP contribution in [0.2, 0.25) is 0 Å². The number of halogens is 2. The van der Waals surface area contributed by atoms with Gasteiger partial charge in [-0.25, -0.2) is 8.78 Å². The number of hydrogen-bond donors (Lipinski definition) is 2. The van der Waals surface area contributed by atoms with E-state index in [4.69, 9.17) is 5.84 Å². The van der Waals surface area contributed by atoms with E-state index in [1.54, 1.807) is 11.8 Å². The van der Waals surface area contributed by atoms with Crippen LogP contribution in [-0.4, -0.2) is 18.1 Å². The van der Waals surface area contributed by atoms with Gasteiger partial charge in [0.1, 0.15) is 11.6 Å². The Labute approximate surface area is 92.2 Å².